The van der Waals surface area contributed by atoms with Crippen LogP contribution in [0.3, 0.4) is 0 Å². The number of anilines is 1. The first-order chi connectivity index (χ1) is 10.7. The molecule has 2 amide bonds. The number of piperidine rings is 1. The van der Waals surface area contributed by atoms with Crippen LogP contribution in [0.15, 0.2) is 22.7 Å². The van der Waals surface area contributed by atoms with Crippen molar-refractivity contribution in [1.29, 1.82) is 0 Å². The van der Waals surface area contributed by atoms with E-state index in [-0.39, 0.29) is 11.8 Å². The number of carbonyl (C=O) groups excluding carboxylic acids is 2. The predicted molar refractivity (Wildman–Crippen MR) is 96.3 cm³/mol. The number of hydrogen-bond acceptors (Lipinski definition) is 2. The fourth-order valence-corrected chi connectivity index (χ4v) is 3.46. The Kier molecular flexibility index (Phi) is 5.50. The Morgan fingerprint density at radius 2 is 2.04 bits per heavy atom. The number of benzene rings is 1. The lowest BCUT2D eigenvalue weighted by molar-refractivity contribution is -0.147. The van der Waals surface area contributed by atoms with Gasteiger partial charge in [-0.3, -0.25) is 9.59 Å². The van der Waals surface area contributed by atoms with Crippen LogP contribution in [0, 0.1) is 18.3 Å². The van der Waals surface area contributed by atoms with Crippen molar-refractivity contribution in [2.75, 3.05) is 18.4 Å². The van der Waals surface area contributed by atoms with E-state index in [1.807, 2.05) is 30.0 Å². The van der Waals surface area contributed by atoms with Crippen molar-refractivity contribution in [3.05, 3.63) is 28.2 Å². The summed E-state index contributed by atoms with van der Waals surface area (Å²) in [7, 11) is 0. The highest BCUT2D eigenvalue weighted by Gasteiger charge is 2.40. The third-order valence-corrected chi connectivity index (χ3v) is 5.08. The van der Waals surface area contributed by atoms with Crippen molar-refractivity contribution in [1.82, 2.24) is 4.90 Å². The molecular weight excluding hydrogens is 356 g/mol. The number of nitrogens with zero attached hydrogens (tertiary/aromatic N) is 1. The van der Waals surface area contributed by atoms with Gasteiger partial charge in [-0.2, -0.15) is 0 Å². The molecule has 1 aromatic carbocycles. The maximum absolute atomic E-state index is 12.8. The van der Waals surface area contributed by atoms with Crippen molar-refractivity contribution in [2.24, 2.45) is 11.3 Å². The second-order valence-electron chi connectivity index (χ2n) is 7.06. The first-order valence-electron chi connectivity index (χ1n) is 8.09. The molecular formula is C18H25BrN2O2. The number of hydrogen-bond donors (Lipinski definition) is 1. The molecule has 23 heavy (non-hydrogen) atoms. The van der Waals surface area contributed by atoms with Gasteiger partial charge in [0.1, 0.15) is 5.41 Å². The Morgan fingerprint density at radius 1 is 1.35 bits per heavy atom. The van der Waals surface area contributed by atoms with Gasteiger partial charge in [0.15, 0.2) is 0 Å². The van der Waals surface area contributed by atoms with Gasteiger partial charge >= 0.3 is 0 Å². The summed E-state index contributed by atoms with van der Waals surface area (Å²) in [5.74, 6) is 0.132. The van der Waals surface area contributed by atoms with Crippen LogP contribution in [0.1, 0.15) is 39.2 Å². The van der Waals surface area contributed by atoms with Crippen molar-refractivity contribution >= 4 is 33.4 Å². The monoisotopic (exact) mass is 380 g/mol. The van der Waals surface area contributed by atoms with Gasteiger partial charge in [-0.25, -0.2) is 0 Å². The maximum Gasteiger partial charge on any atom is 0.239 e. The quantitative estimate of drug-likeness (QED) is 0.806. The smallest absolute Gasteiger partial charge is 0.239 e. The summed E-state index contributed by atoms with van der Waals surface area (Å²) < 4.78 is 0.820. The molecule has 1 aromatic rings. The van der Waals surface area contributed by atoms with Crippen molar-refractivity contribution in [2.45, 2.75) is 40.5 Å². The minimum Gasteiger partial charge on any atom is -0.342 e. The fraction of sp³-hybridized carbons (Fsp3) is 0.556. The largest absolute Gasteiger partial charge is 0.342 e. The minimum atomic E-state index is -1.08. The standard InChI is InChI=1S/C18H25BrN2O2/c1-12-7-8-15(14(19)10-12)20-16(22)18(3,4)17(23)21-9-5-6-13(2)11-21/h7-8,10,13H,5-6,9,11H2,1-4H3,(H,20,22). The van der Waals surface area contributed by atoms with Crippen LogP contribution in [0.4, 0.5) is 5.69 Å². The predicted octanol–water partition coefficient (Wildman–Crippen LogP) is 3.98. The Morgan fingerprint density at radius 3 is 2.65 bits per heavy atom. The van der Waals surface area contributed by atoms with E-state index in [9.17, 15) is 9.59 Å². The van der Waals surface area contributed by atoms with Crippen LogP contribution in [0.25, 0.3) is 0 Å². The topological polar surface area (TPSA) is 49.4 Å². The molecule has 0 aliphatic carbocycles. The summed E-state index contributed by atoms with van der Waals surface area (Å²) in [6.45, 7) is 9.02. The average Bonchev–Trinajstić information content (AvgIpc) is 2.49. The van der Waals surface area contributed by atoms with Crippen LogP contribution >= 0.6 is 15.9 Å². The molecule has 0 bridgehead atoms. The van der Waals surface area contributed by atoms with Gasteiger partial charge in [-0.05, 0) is 73.2 Å². The van der Waals surface area contributed by atoms with E-state index < -0.39 is 5.41 Å². The van der Waals surface area contributed by atoms with Gasteiger partial charge in [-0.15, -0.1) is 0 Å². The summed E-state index contributed by atoms with van der Waals surface area (Å²) in [6.07, 6.45) is 2.15. The van der Waals surface area contributed by atoms with Crippen LogP contribution in [0.5, 0.6) is 0 Å². The summed E-state index contributed by atoms with van der Waals surface area (Å²) in [5.41, 5.74) is 0.711. The molecule has 5 heteroatoms. The number of rotatable bonds is 3. The van der Waals surface area contributed by atoms with Gasteiger partial charge in [0, 0.05) is 17.6 Å². The first-order valence-corrected chi connectivity index (χ1v) is 8.88. The van der Waals surface area contributed by atoms with Crippen molar-refractivity contribution < 1.29 is 9.59 Å². The molecule has 0 saturated carbocycles. The Labute approximate surface area is 146 Å². The zero-order valence-corrected chi connectivity index (χ0v) is 15.9. The Hall–Kier alpha value is -1.36. The van der Waals surface area contributed by atoms with Crippen LogP contribution < -0.4 is 5.32 Å². The number of amides is 2. The lowest BCUT2D eigenvalue weighted by atomic mass is 9.88. The number of carbonyl (C=O) groups is 2. The van der Waals surface area contributed by atoms with Gasteiger partial charge in [0.25, 0.3) is 0 Å². The third kappa shape index (κ3) is 4.14. The van der Waals surface area contributed by atoms with E-state index in [4.69, 9.17) is 0 Å². The van der Waals surface area contributed by atoms with Gasteiger partial charge in [0.2, 0.25) is 11.8 Å². The summed E-state index contributed by atoms with van der Waals surface area (Å²) in [4.78, 5) is 27.3. The number of halogens is 1. The molecule has 0 spiro atoms. The molecule has 1 aliphatic heterocycles. The van der Waals surface area contributed by atoms with Gasteiger partial charge in [0.05, 0.1) is 5.69 Å². The molecule has 4 nitrogen and oxygen atoms in total. The molecule has 1 fully saturated rings. The number of nitrogens with one attached hydrogen (secondary N) is 1. The molecule has 1 atom stereocenters. The van der Waals surface area contributed by atoms with Gasteiger partial charge in [-0.1, -0.05) is 13.0 Å². The van der Waals surface area contributed by atoms with E-state index in [0.717, 1.165) is 36.0 Å². The van der Waals surface area contributed by atoms with Crippen molar-refractivity contribution in [3.63, 3.8) is 0 Å². The van der Waals surface area contributed by atoms with E-state index in [1.54, 1.807) is 13.8 Å². The van der Waals surface area contributed by atoms with E-state index in [0.29, 0.717) is 11.6 Å². The van der Waals surface area contributed by atoms with Crippen LogP contribution in [-0.4, -0.2) is 29.8 Å². The Bertz CT molecular complexity index is 613. The lowest BCUT2D eigenvalue weighted by Gasteiger charge is -2.36. The third-order valence-electron chi connectivity index (χ3n) is 4.42. The highest BCUT2D eigenvalue weighted by Crippen LogP contribution is 2.28. The van der Waals surface area contributed by atoms with Crippen molar-refractivity contribution in [3.8, 4) is 0 Å². The summed E-state index contributed by atoms with van der Waals surface area (Å²) in [5, 5.41) is 2.88. The summed E-state index contributed by atoms with van der Waals surface area (Å²) in [6, 6.07) is 5.72. The molecule has 0 radical (unpaired) electrons. The second kappa shape index (κ2) is 7.04. The normalized spacial score (nSPS) is 18.7. The molecule has 1 unspecified atom stereocenters. The van der Waals surface area contributed by atoms with E-state index in [1.165, 1.54) is 0 Å². The molecule has 1 saturated heterocycles. The van der Waals surface area contributed by atoms with E-state index in [2.05, 4.69) is 28.2 Å². The molecule has 0 aromatic heterocycles. The molecule has 1 heterocycles. The minimum absolute atomic E-state index is 0.0928. The molecule has 1 N–H and O–H groups in total. The zero-order chi connectivity index (χ0) is 17.2. The molecule has 1 aliphatic rings. The van der Waals surface area contributed by atoms with Crippen LogP contribution in [-0.2, 0) is 9.59 Å². The second-order valence-corrected chi connectivity index (χ2v) is 7.92. The average molecular weight is 381 g/mol. The first kappa shape index (κ1) is 18.0. The zero-order valence-electron chi connectivity index (χ0n) is 14.3. The number of likely N-dealkylation sites (tertiary alicyclic amines) is 1. The molecule has 2 rings (SSSR count). The number of aryl methyl sites for hydroxylation is 1. The van der Waals surface area contributed by atoms with E-state index >= 15 is 0 Å². The summed E-state index contributed by atoms with van der Waals surface area (Å²) >= 11 is 3.45. The highest BCUT2D eigenvalue weighted by atomic mass is 79.9. The van der Waals surface area contributed by atoms with Gasteiger partial charge < -0.3 is 10.2 Å². The molecule has 126 valence electrons. The highest BCUT2D eigenvalue weighted by molar-refractivity contribution is 9.10. The maximum atomic E-state index is 12.8. The lowest BCUT2D eigenvalue weighted by Crippen LogP contribution is -2.50. The van der Waals surface area contributed by atoms with Crippen LogP contribution in [0.2, 0.25) is 0 Å². The Balaban J connectivity index is 2.11. The fourth-order valence-electron chi connectivity index (χ4n) is 2.87. The SMILES string of the molecule is Cc1ccc(NC(=O)C(C)(C)C(=O)N2CCCC(C)C2)c(Br)c1.